The molecule has 0 unspecified atom stereocenters. The average Bonchev–Trinajstić information content (AvgIpc) is 2.71. The molecule has 3 rings (SSSR count). The van der Waals surface area contributed by atoms with Crippen molar-refractivity contribution in [3.05, 3.63) is 0 Å². The van der Waals surface area contributed by atoms with Crippen LogP contribution in [-0.4, -0.2) is 54.0 Å². The number of fused-ring (bicyclic) bond motifs is 3. The summed E-state index contributed by atoms with van der Waals surface area (Å²) in [6.45, 7) is 7.22. The summed E-state index contributed by atoms with van der Waals surface area (Å²) in [5, 5.41) is 9.40. The molecule has 1 N–H and O–H groups in total. The Balaban J connectivity index is 1.86. The van der Waals surface area contributed by atoms with Gasteiger partial charge in [0, 0.05) is 0 Å². The highest BCUT2D eigenvalue weighted by Gasteiger charge is 2.60. The molecule has 0 amide bonds. The zero-order chi connectivity index (χ0) is 13.1. The van der Waals surface area contributed by atoms with E-state index in [9.17, 15) is 5.11 Å². The molecule has 6 heteroatoms. The minimum Gasteiger partial charge on any atom is -0.394 e. The summed E-state index contributed by atoms with van der Waals surface area (Å²) in [4.78, 5) is 0. The normalized spacial score (nSPS) is 48.8. The molecule has 0 radical (unpaired) electrons. The second-order valence-corrected chi connectivity index (χ2v) is 5.89. The van der Waals surface area contributed by atoms with Crippen LogP contribution in [0.25, 0.3) is 0 Å². The van der Waals surface area contributed by atoms with Gasteiger partial charge < -0.3 is 28.8 Å². The third-order valence-corrected chi connectivity index (χ3v) is 3.43. The predicted molar refractivity (Wildman–Crippen MR) is 59.6 cm³/mol. The van der Waals surface area contributed by atoms with Crippen LogP contribution in [0.15, 0.2) is 0 Å². The maximum atomic E-state index is 9.40. The fourth-order valence-electron chi connectivity index (χ4n) is 2.84. The first-order chi connectivity index (χ1) is 8.31. The van der Waals surface area contributed by atoms with E-state index in [1.165, 1.54) is 0 Å². The lowest BCUT2D eigenvalue weighted by Gasteiger charge is -2.36. The van der Waals surface area contributed by atoms with E-state index < -0.39 is 24.0 Å². The molecular weight excluding hydrogens is 240 g/mol. The molecule has 6 nitrogen and oxygen atoms in total. The Bertz CT molecular complexity index is 341. The lowest BCUT2D eigenvalue weighted by Crippen LogP contribution is -2.56. The van der Waals surface area contributed by atoms with Crippen LogP contribution in [0, 0.1) is 0 Å². The maximum Gasteiger partial charge on any atom is 0.190 e. The van der Waals surface area contributed by atoms with Gasteiger partial charge in [0.25, 0.3) is 0 Å². The van der Waals surface area contributed by atoms with Crippen LogP contribution in [0.1, 0.15) is 27.7 Å². The van der Waals surface area contributed by atoms with E-state index in [1.54, 1.807) is 0 Å². The fourth-order valence-corrected chi connectivity index (χ4v) is 2.84. The molecule has 18 heavy (non-hydrogen) atoms. The quantitative estimate of drug-likeness (QED) is 0.735. The summed E-state index contributed by atoms with van der Waals surface area (Å²) in [7, 11) is 0. The minimum absolute atomic E-state index is 0.131. The molecular formula is C12H20O6. The van der Waals surface area contributed by atoms with Crippen LogP contribution >= 0.6 is 0 Å². The molecule has 0 bridgehead atoms. The van der Waals surface area contributed by atoms with E-state index in [0.717, 1.165) is 0 Å². The monoisotopic (exact) mass is 260 g/mol. The molecule has 5 atom stereocenters. The topological polar surface area (TPSA) is 66.4 Å². The Labute approximate surface area is 106 Å². The molecule has 3 heterocycles. The molecule has 0 aromatic carbocycles. The standard InChI is InChI=1S/C12H20O6/c1-11(2)15-7-6(5-13)14-10-9(8(7)16-11)17-12(3,4)18-10/h6-10,13H,5H2,1-4H3/t6-,7-,8-,9+,10+/m0/s1. The Hall–Kier alpha value is -0.240. The van der Waals surface area contributed by atoms with Crippen molar-refractivity contribution in [2.75, 3.05) is 6.61 Å². The van der Waals surface area contributed by atoms with E-state index in [1.807, 2.05) is 27.7 Å². The third kappa shape index (κ3) is 1.97. The molecule has 0 aromatic heterocycles. The molecule has 104 valence electrons. The van der Waals surface area contributed by atoms with E-state index in [4.69, 9.17) is 23.7 Å². The summed E-state index contributed by atoms with van der Waals surface area (Å²) < 4.78 is 28.9. The second kappa shape index (κ2) is 3.88. The van der Waals surface area contributed by atoms with Gasteiger partial charge in [-0.2, -0.15) is 0 Å². The number of aliphatic hydroxyl groups is 1. The molecule has 3 saturated heterocycles. The van der Waals surface area contributed by atoms with Crippen molar-refractivity contribution in [2.45, 2.75) is 70.0 Å². The number of hydrogen-bond acceptors (Lipinski definition) is 6. The molecule has 3 fully saturated rings. The first-order valence-corrected chi connectivity index (χ1v) is 6.29. The minimum atomic E-state index is -0.708. The Morgan fingerprint density at radius 1 is 0.833 bits per heavy atom. The number of rotatable bonds is 1. The first kappa shape index (κ1) is 12.8. The number of ether oxygens (including phenoxy) is 5. The SMILES string of the molecule is CC1(C)O[C@H]2[C@@H](O1)[C@H](CO)O[C@@H]1OC(C)(C)O[C@@H]12. The summed E-state index contributed by atoms with van der Waals surface area (Å²) >= 11 is 0. The lowest BCUT2D eigenvalue weighted by atomic mass is 9.99. The first-order valence-electron chi connectivity index (χ1n) is 6.29. The summed E-state index contributed by atoms with van der Waals surface area (Å²) in [6, 6.07) is 0. The van der Waals surface area contributed by atoms with Crippen LogP contribution in [0.3, 0.4) is 0 Å². The van der Waals surface area contributed by atoms with Gasteiger partial charge in [-0.3, -0.25) is 0 Å². The zero-order valence-corrected chi connectivity index (χ0v) is 11.1. The smallest absolute Gasteiger partial charge is 0.190 e. The Morgan fingerprint density at radius 3 is 2.06 bits per heavy atom. The van der Waals surface area contributed by atoms with E-state index in [-0.39, 0.29) is 24.9 Å². The van der Waals surface area contributed by atoms with Crippen molar-refractivity contribution in [3.63, 3.8) is 0 Å². The van der Waals surface area contributed by atoms with Crippen LogP contribution < -0.4 is 0 Å². The van der Waals surface area contributed by atoms with Gasteiger partial charge >= 0.3 is 0 Å². The van der Waals surface area contributed by atoms with Crippen LogP contribution in [0.2, 0.25) is 0 Å². The van der Waals surface area contributed by atoms with Gasteiger partial charge in [-0.1, -0.05) is 0 Å². The highest BCUT2D eigenvalue weighted by Crippen LogP contribution is 2.43. The largest absolute Gasteiger partial charge is 0.394 e. The third-order valence-electron chi connectivity index (χ3n) is 3.43. The predicted octanol–water partition coefficient (Wildman–Crippen LogP) is 0.375. The number of aliphatic hydroxyl groups excluding tert-OH is 1. The zero-order valence-electron chi connectivity index (χ0n) is 11.1. The van der Waals surface area contributed by atoms with E-state index in [0.29, 0.717) is 0 Å². The molecule has 0 spiro atoms. The van der Waals surface area contributed by atoms with Crippen molar-refractivity contribution in [3.8, 4) is 0 Å². The molecule has 0 aromatic rings. The second-order valence-electron chi connectivity index (χ2n) is 5.89. The summed E-state index contributed by atoms with van der Waals surface area (Å²) in [5.41, 5.74) is 0. The maximum absolute atomic E-state index is 9.40. The van der Waals surface area contributed by atoms with Crippen LogP contribution in [0.5, 0.6) is 0 Å². The van der Waals surface area contributed by atoms with E-state index in [2.05, 4.69) is 0 Å². The van der Waals surface area contributed by atoms with Crippen LogP contribution in [0.4, 0.5) is 0 Å². The molecule has 0 aliphatic carbocycles. The van der Waals surface area contributed by atoms with Gasteiger partial charge in [-0.15, -0.1) is 0 Å². The summed E-state index contributed by atoms with van der Waals surface area (Å²) in [6.07, 6.45) is -1.90. The van der Waals surface area contributed by atoms with Gasteiger partial charge in [-0.25, -0.2) is 0 Å². The Morgan fingerprint density at radius 2 is 1.39 bits per heavy atom. The Kier molecular flexibility index (Phi) is 2.75. The van der Waals surface area contributed by atoms with E-state index >= 15 is 0 Å². The van der Waals surface area contributed by atoms with Gasteiger partial charge in [0.1, 0.15) is 24.4 Å². The van der Waals surface area contributed by atoms with Crippen molar-refractivity contribution < 1.29 is 28.8 Å². The lowest BCUT2D eigenvalue weighted by molar-refractivity contribution is -0.240. The summed E-state index contributed by atoms with van der Waals surface area (Å²) in [5.74, 6) is -1.41. The fraction of sp³-hybridized carbons (Fsp3) is 1.00. The molecule has 0 saturated carbocycles. The van der Waals surface area contributed by atoms with Crippen molar-refractivity contribution >= 4 is 0 Å². The highest BCUT2D eigenvalue weighted by atomic mass is 16.9. The van der Waals surface area contributed by atoms with Crippen LogP contribution in [-0.2, 0) is 23.7 Å². The average molecular weight is 260 g/mol. The van der Waals surface area contributed by atoms with Gasteiger partial charge in [0.05, 0.1) is 6.61 Å². The number of hydrogen-bond donors (Lipinski definition) is 1. The van der Waals surface area contributed by atoms with Crippen molar-refractivity contribution in [2.24, 2.45) is 0 Å². The highest BCUT2D eigenvalue weighted by molar-refractivity contribution is 4.99. The van der Waals surface area contributed by atoms with Crippen molar-refractivity contribution in [1.29, 1.82) is 0 Å². The van der Waals surface area contributed by atoms with Gasteiger partial charge in [-0.05, 0) is 27.7 Å². The van der Waals surface area contributed by atoms with Gasteiger partial charge in [0.2, 0.25) is 0 Å². The molecule has 3 aliphatic rings. The molecule has 3 aliphatic heterocycles. The van der Waals surface area contributed by atoms with Gasteiger partial charge in [0.15, 0.2) is 17.9 Å². The van der Waals surface area contributed by atoms with Crippen molar-refractivity contribution in [1.82, 2.24) is 0 Å².